The predicted molar refractivity (Wildman–Crippen MR) is 122 cm³/mol. The molecule has 1 aliphatic heterocycles. The molecular formula is C24H21FN6O2. The van der Waals surface area contributed by atoms with Gasteiger partial charge in [0, 0.05) is 17.5 Å². The number of nitrogens with zero attached hydrogens (tertiary/aromatic N) is 4. The van der Waals surface area contributed by atoms with E-state index in [1.54, 1.807) is 10.6 Å². The number of carbonyl (C=O) groups excluding carboxylic acids is 1. The van der Waals surface area contributed by atoms with Crippen LogP contribution in [0.1, 0.15) is 42.1 Å². The summed E-state index contributed by atoms with van der Waals surface area (Å²) in [5, 5.41) is 8.29. The summed E-state index contributed by atoms with van der Waals surface area (Å²) in [7, 11) is 0. The summed E-state index contributed by atoms with van der Waals surface area (Å²) in [6, 6.07) is 12.9. The summed E-state index contributed by atoms with van der Waals surface area (Å²) in [6.07, 6.45) is 2.83. The van der Waals surface area contributed by atoms with E-state index in [0.717, 1.165) is 12.0 Å². The van der Waals surface area contributed by atoms with Crippen molar-refractivity contribution in [2.75, 3.05) is 0 Å². The van der Waals surface area contributed by atoms with Crippen molar-refractivity contribution in [3.05, 3.63) is 87.3 Å². The first kappa shape index (κ1) is 20.7. The predicted octanol–water partition coefficient (Wildman–Crippen LogP) is 2.99. The van der Waals surface area contributed by atoms with E-state index >= 15 is 4.39 Å². The van der Waals surface area contributed by atoms with Gasteiger partial charge in [0.25, 0.3) is 5.56 Å². The van der Waals surface area contributed by atoms with E-state index in [-0.39, 0.29) is 29.9 Å². The van der Waals surface area contributed by atoms with Crippen LogP contribution < -0.4 is 11.0 Å². The second-order valence-electron chi connectivity index (χ2n) is 7.90. The number of benzene rings is 2. The van der Waals surface area contributed by atoms with Crippen LogP contribution in [-0.2, 0) is 17.6 Å². The molecule has 5 rings (SSSR count). The number of rotatable bonds is 6. The molecule has 0 aliphatic carbocycles. The van der Waals surface area contributed by atoms with Gasteiger partial charge in [-0.1, -0.05) is 55.8 Å². The average molecular weight is 444 g/mol. The zero-order valence-electron chi connectivity index (χ0n) is 17.9. The number of carbonyl (C=O) groups is 1. The Kier molecular flexibility index (Phi) is 5.29. The number of aromatic nitrogens is 4. The highest BCUT2D eigenvalue weighted by Crippen LogP contribution is 2.31. The molecule has 166 valence electrons. The molecule has 0 fully saturated rings. The molecule has 1 amide bonds. The molecule has 0 saturated heterocycles. The molecule has 1 aliphatic rings. The van der Waals surface area contributed by atoms with Crippen molar-refractivity contribution in [1.82, 2.24) is 25.0 Å². The van der Waals surface area contributed by atoms with Crippen molar-refractivity contribution in [1.29, 1.82) is 0 Å². The molecule has 3 heterocycles. The van der Waals surface area contributed by atoms with Crippen molar-refractivity contribution in [3.8, 4) is 11.1 Å². The van der Waals surface area contributed by atoms with Crippen LogP contribution in [-0.4, -0.2) is 31.2 Å². The summed E-state index contributed by atoms with van der Waals surface area (Å²) in [5.74, 6) is -0.419. The van der Waals surface area contributed by atoms with E-state index in [1.807, 2.05) is 43.3 Å². The van der Waals surface area contributed by atoms with Crippen LogP contribution in [0.15, 0.2) is 58.7 Å². The first-order valence-corrected chi connectivity index (χ1v) is 10.7. The minimum atomic E-state index is -0.493. The minimum absolute atomic E-state index is 0.00715. The second kappa shape index (κ2) is 8.42. The van der Waals surface area contributed by atoms with Gasteiger partial charge in [-0.2, -0.15) is 15.2 Å². The first-order chi connectivity index (χ1) is 16.1. The molecule has 2 N–H and O–H groups in total. The third-order valence-corrected chi connectivity index (χ3v) is 5.74. The third kappa shape index (κ3) is 3.71. The average Bonchev–Trinajstić information content (AvgIpc) is 3.46. The monoisotopic (exact) mass is 444 g/mol. The molecular weight excluding hydrogens is 423 g/mol. The summed E-state index contributed by atoms with van der Waals surface area (Å²) in [4.78, 5) is 31.5. The summed E-state index contributed by atoms with van der Waals surface area (Å²) in [6.45, 7) is 2.00. The Hall–Kier alpha value is -4.14. The molecule has 9 heteroatoms. The van der Waals surface area contributed by atoms with Crippen LogP contribution in [0.5, 0.6) is 0 Å². The van der Waals surface area contributed by atoms with E-state index in [2.05, 4.69) is 25.6 Å². The minimum Gasteiger partial charge on any atom is -0.291 e. The smallest absolute Gasteiger partial charge is 0.256 e. The SMILES string of the molecule is CCCc1c(Cc2ccc(-c3ccccc3)c(C3=NNC(=O)C3)c2F)c(=O)[nH]c2ncnn12. The lowest BCUT2D eigenvalue weighted by atomic mass is 9.91. The van der Waals surface area contributed by atoms with Crippen LogP contribution in [0.3, 0.4) is 0 Å². The molecule has 0 saturated carbocycles. The van der Waals surface area contributed by atoms with Crippen LogP contribution >= 0.6 is 0 Å². The quantitative estimate of drug-likeness (QED) is 0.477. The Balaban J connectivity index is 1.66. The molecule has 0 radical (unpaired) electrons. The Labute approximate surface area is 188 Å². The van der Waals surface area contributed by atoms with E-state index < -0.39 is 5.82 Å². The Bertz CT molecular complexity index is 1460. The molecule has 0 spiro atoms. The zero-order chi connectivity index (χ0) is 22.9. The molecule has 0 atom stereocenters. The summed E-state index contributed by atoms with van der Waals surface area (Å²) >= 11 is 0. The fourth-order valence-electron chi connectivity index (χ4n) is 4.23. The van der Waals surface area contributed by atoms with Crippen molar-refractivity contribution in [2.45, 2.75) is 32.6 Å². The third-order valence-electron chi connectivity index (χ3n) is 5.74. The molecule has 2 aromatic carbocycles. The number of fused-ring (bicyclic) bond motifs is 1. The van der Waals surface area contributed by atoms with E-state index in [0.29, 0.717) is 40.3 Å². The lowest BCUT2D eigenvalue weighted by molar-refractivity contribution is -0.119. The highest BCUT2D eigenvalue weighted by Gasteiger charge is 2.26. The number of hydrazone groups is 1. The molecule has 33 heavy (non-hydrogen) atoms. The second-order valence-corrected chi connectivity index (χ2v) is 7.90. The number of halogens is 1. The Morgan fingerprint density at radius 1 is 1.12 bits per heavy atom. The number of hydrogen-bond donors (Lipinski definition) is 2. The van der Waals surface area contributed by atoms with E-state index in [4.69, 9.17) is 0 Å². The van der Waals surface area contributed by atoms with Gasteiger partial charge in [-0.15, -0.1) is 0 Å². The van der Waals surface area contributed by atoms with Crippen LogP contribution in [0.4, 0.5) is 4.39 Å². The lowest BCUT2D eigenvalue weighted by Crippen LogP contribution is -2.21. The number of nitrogens with one attached hydrogen (secondary N) is 2. The van der Waals surface area contributed by atoms with E-state index in [1.165, 1.54) is 6.33 Å². The van der Waals surface area contributed by atoms with Gasteiger partial charge < -0.3 is 0 Å². The fraction of sp³-hybridized carbons (Fsp3) is 0.208. The van der Waals surface area contributed by atoms with Crippen molar-refractivity contribution >= 4 is 17.4 Å². The Morgan fingerprint density at radius 2 is 1.94 bits per heavy atom. The largest absolute Gasteiger partial charge is 0.291 e. The summed E-state index contributed by atoms with van der Waals surface area (Å²) in [5.41, 5.74) is 5.64. The van der Waals surface area contributed by atoms with Crippen LogP contribution in [0.25, 0.3) is 16.9 Å². The van der Waals surface area contributed by atoms with E-state index in [9.17, 15) is 9.59 Å². The molecule has 0 bridgehead atoms. The van der Waals surface area contributed by atoms with Gasteiger partial charge in [0.05, 0.1) is 17.8 Å². The van der Waals surface area contributed by atoms with Crippen LogP contribution in [0.2, 0.25) is 0 Å². The van der Waals surface area contributed by atoms with Gasteiger partial charge in [0.15, 0.2) is 0 Å². The van der Waals surface area contributed by atoms with Crippen molar-refractivity contribution in [3.63, 3.8) is 0 Å². The van der Waals surface area contributed by atoms with Crippen LogP contribution in [0, 0.1) is 5.82 Å². The fourth-order valence-corrected chi connectivity index (χ4v) is 4.23. The molecule has 8 nitrogen and oxygen atoms in total. The van der Waals surface area contributed by atoms with Gasteiger partial charge in [0.2, 0.25) is 11.7 Å². The van der Waals surface area contributed by atoms with Gasteiger partial charge in [-0.25, -0.2) is 14.3 Å². The summed E-state index contributed by atoms with van der Waals surface area (Å²) < 4.78 is 17.6. The first-order valence-electron chi connectivity index (χ1n) is 10.7. The maximum Gasteiger partial charge on any atom is 0.256 e. The van der Waals surface area contributed by atoms with Crippen molar-refractivity contribution in [2.24, 2.45) is 5.10 Å². The maximum atomic E-state index is 16.0. The number of H-pyrrole nitrogens is 1. The van der Waals surface area contributed by atoms with Crippen molar-refractivity contribution < 1.29 is 9.18 Å². The van der Waals surface area contributed by atoms with Gasteiger partial charge in [-0.05, 0) is 23.1 Å². The number of amides is 1. The van der Waals surface area contributed by atoms with Gasteiger partial charge >= 0.3 is 0 Å². The lowest BCUT2D eigenvalue weighted by Gasteiger charge is -2.15. The molecule has 0 unspecified atom stereocenters. The number of aromatic amines is 1. The maximum absolute atomic E-state index is 16.0. The molecule has 2 aromatic heterocycles. The van der Waals surface area contributed by atoms with Gasteiger partial charge in [0.1, 0.15) is 12.1 Å². The standard InChI is InChI=1S/C24H21FN6O2/c1-2-6-19-17(23(33)28-24-26-13-27-31(19)24)11-15-9-10-16(14-7-4-3-5-8-14)21(22(15)25)18-12-20(32)30-29-18/h3-5,7-10,13H,2,6,11-12H2,1H3,(H,30,32)(H,26,27,28,33). The highest BCUT2D eigenvalue weighted by molar-refractivity contribution is 6.16. The Morgan fingerprint density at radius 3 is 2.67 bits per heavy atom. The molecule has 4 aromatic rings. The zero-order valence-corrected chi connectivity index (χ0v) is 17.9. The number of aryl methyl sites for hydroxylation is 1. The topological polar surface area (TPSA) is 105 Å². The number of hydrogen-bond acceptors (Lipinski definition) is 5. The van der Waals surface area contributed by atoms with Gasteiger partial charge in [-0.3, -0.25) is 14.6 Å². The highest BCUT2D eigenvalue weighted by atomic mass is 19.1. The normalized spacial score (nSPS) is 13.4.